The van der Waals surface area contributed by atoms with Gasteiger partial charge in [0.15, 0.2) is 0 Å². The Kier molecular flexibility index (Phi) is 7.09. The molecule has 1 heterocycles. The molecule has 1 saturated heterocycles. The standard InChI is InChI=1S/C21H25FN2OS/c22-19-11-5-4-10-18(19)16-26-15-12-23-21(25)20(24-13-6-7-14-24)17-8-2-1-3-9-17/h1-5,8-11,20H,6-7,12-16H2,(H,23,25). The van der Waals surface area contributed by atoms with Crippen molar-refractivity contribution < 1.29 is 9.18 Å². The number of hydrogen-bond acceptors (Lipinski definition) is 3. The van der Waals surface area contributed by atoms with Gasteiger partial charge in [-0.05, 0) is 43.1 Å². The van der Waals surface area contributed by atoms with Gasteiger partial charge in [-0.15, -0.1) is 0 Å². The summed E-state index contributed by atoms with van der Waals surface area (Å²) in [6.07, 6.45) is 2.30. The van der Waals surface area contributed by atoms with Crippen molar-refractivity contribution in [1.29, 1.82) is 0 Å². The minimum atomic E-state index is -0.213. The first-order valence-electron chi connectivity index (χ1n) is 9.13. The van der Waals surface area contributed by atoms with E-state index in [4.69, 9.17) is 0 Å². The van der Waals surface area contributed by atoms with Gasteiger partial charge >= 0.3 is 0 Å². The Morgan fingerprint density at radius 2 is 1.77 bits per heavy atom. The summed E-state index contributed by atoms with van der Waals surface area (Å²) in [4.78, 5) is 15.1. The first kappa shape index (κ1) is 18.9. The van der Waals surface area contributed by atoms with Crippen LogP contribution in [0.3, 0.4) is 0 Å². The van der Waals surface area contributed by atoms with Gasteiger partial charge in [-0.2, -0.15) is 11.8 Å². The largest absolute Gasteiger partial charge is 0.354 e. The van der Waals surface area contributed by atoms with Crippen LogP contribution in [0.1, 0.15) is 30.0 Å². The third kappa shape index (κ3) is 5.08. The molecule has 2 aromatic carbocycles. The number of carbonyl (C=O) groups excluding carboxylic acids is 1. The van der Waals surface area contributed by atoms with Gasteiger partial charge in [-0.25, -0.2) is 4.39 Å². The third-order valence-electron chi connectivity index (χ3n) is 4.63. The van der Waals surface area contributed by atoms with E-state index in [1.165, 1.54) is 6.07 Å². The van der Waals surface area contributed by atoms with Crippen molar-refractivity contribution in [2.45, 2.75) is 24.6 Å². The molecule has 1 N–H and O–H groups in total. The van der Waals surface area contributed by atoms with Gasteiger partial charge in [0, 0.05) is 18.1 Å². The molecule has 0 aromatic heterocycles. The molecule has 138 valence electrons. The summed E-state index contributed by atoms with van der Waals surface area (Å²) in [6.45, 7) is 2.53. The molecule has 3 nitrogen and oxygen atoms in total. The fraction of sp³-hybridized carbons (Fsp3) is 0.381. The highest BCUT2D eigenvalue weighted by Crippen LogP contribution is 2.25. The van der Waals surface area contributed by atoms with E-state index in [1.54, 1.807) is 23.9 Å². The van der Waals surface area contributed by atoms with Crippen LogP contribution in [-0.4, -0.2) is 36.2 Å². The van der Waals surface area contributed by atoms with Crippen molar-refractivity contribution in [3.05, 3.63) is 71.5 Å². The lowest BCUT2D eigenvalue weighted by Crippen LogP contribution is -2.40. The molecule has 0 saturated carbocycles. The van der Waals surface area contributed by atoms with Crippen molar-refractivity contribution in [1.82, 2.24) is 10.2 Å². The minimum Gasteiger partial charge on any atom is -0.354 e. The minimum absolute atomic E-state index is 0.0598. The maximum absolute atomic E-state index is 13.6. The zero-order valence-corrected chi connectivity index (χ0v) is 15.7. The number of thioether (sulfide) groups is 1. The molecule has 1 fully saturated rings. The van der Waals surface area contributed by atoms with Crippen LogP contribution in [0.15, 0.2) is 54.6 Å². The number of rotatable bonds is 8. The molecule has 1 amide bonds. The van der Waals surface area contributed by atoms with Crippen LogP contribution in [0.25, 0.3) is 0 Å². The number of carbonyl (C=O) groups is 1. The predicted octanol–water partition coefficient (Wildman–Crippen LogP) is 4.01. The molecule has 26 heavy (non-hydrogen) atoms. The van der Waals surface area contributed by atoms with Crippen LogP contribution >= 0.6 is 11.8 Å². The van der Waals surface area contributed by atoms with Crippen molar-refractivity contribution in [2.24, 2.45) is 0 Å². The summed E-state index contributed by atoms with van der Waals surface area (Å²) in [5.41, 5.74) is 1.76. The SMILES string of the molecule is O=C(NCCSCc1ccccc1F)C(c1ccccc1)N1CCCC1. The second-order valence-electron chi connectivity index (χ2n) is 6.49. The van der Waals surface area contributed by atoms with Gasteiger partial charge in [0.25, 0.3) is 0 Å². The van der Waals surface area contributed by atoms with Crippen LogP contribution in [0, 0.1) is 5.82 Å². The summed E-state index contributed by atoms with van der Waals surface area (Å²) >= 11 is 1.63. The number of nitrogens with zero attached hydrogens (tertiary/aromatic N) is 1. The number of nitrogens with one attached hydrogen (secondary N) is 1. The Morgan fingerprint density at radius 1 is 1.08 bits per heavy atom. The number of benzene rings is 2. The normalized spacial score (nSPS) is 15.7. The Labute approximate surface area is 159 Å². The Balaban J connectivity index is 1.49. The Bertz CT molecular complexity index is 704. The van der Waals surface area contributed by atoms with E-state index in [9.17, 15) is 9.18 Å². The van der Waals surface area contributed by atoms with E-state index in [1.807, 2.05) is 36.4 Å². The zero-order valence-electron chi connectivity index (χ0n) is 14.9. The van der Waals surface area contributed by atoms with E-state index in [2.05, 4.69) is 10.2 Å². The molecule has 0 bridgehead atoms. The summed E-state index contributed by atoms with van der Waals surface area (Å²) in [5.74, 6) is 1.28. The average molecular weight is 373 g/mol. The van der Waals surface area contributed by atoms with E-state index in [0.29, 0.717) is 17.9 Å². The summed E-state index contributed by atoms with van der Waals surface area (Å²) in [6, 6.07) is 16.6. The van der Waals surface area contributed by atoms with Gasteiger partial charge in [0.1, 0.15) is 11.9 Å². The fourth-order valence-electron chi connectivity index (χ4n) is 3.30. The topological polar surface area (TPSA) is 32.3 Å². The number of likely N-dealkylation sites (tertiary alicyclic amines) is 1. The summed E-state index contributed by atoms with van der Waals surface area (Å²) in [7, 11) is 0. The van der Waals surface area contributed by atoms with E-state index in [0.717, 1.165) is 37.2 Å². The lowest BCUT2D eigenvalue weighted by atomic mass is 10.0. The second kappa shape index (κ2) is 9.74. The molecule has 1 atom stereocenters. The van der Waals surface area contributed by atoms with E-state index >= 15 is 0 Å². The van der Waals surface area contributed by atoms with Crippen LogP contribution in [-0.2, 0) is 10.5 Å². The maximum Gasteiger partial charge on any atom is 0.241 e. The third-order valence-corrected chi connectivity index (χ3v) is 5.64. The molecule has 5 heteroatoms. The molecule has 1 aliphatic rings. The first-order chi connectivity index (χ1) is 12.8. The quantitative estimate of drug-likeness (QED) is 0.711. The molecule has 1 unspecified atom stereocenters. The van der Waals surface area contributed by atoms with Crippen molar-refractivity contribution in [2.75, 3.05) is 25.4 Å². The molecule has 0 spiro atoms. The predicted molar refractivity (Wildman–Crippen MR) is 106 cm³/mol. The van der Waals surface area contributed by atoms with E-state index < -0.39 is 0 Å². The highest BCUT2D eigenvalue weighted by atomic mass is 32.2. The first-order valence-corrected chi connectivity index (χ1v) is 10.3. The Hall–Kier alpha value is -1.85. The monoisotopic (exact) mass is 372 g/mol. The van der Waals surface area contributed by atoms with E-state index in [-0.39, 0.29) is 17.8 Å². The number of amides is 1. The molecule has 3 rings (SSSR count). The van der Waals surface area contributed by atoms with Gasteiger partial charge in [-0.1, -0.05) is 48.5 Å². The second-order valence-corrected chi connectivity index (χ2v) is 7.60. The number of halogens is 1. The van der Waals surface area contributed by atoms with Crippen LogP contribution in [0.2, 0.25) is 0 Å². The maximum atomic E-state index is 13.6. The molecule has 0 radical (unpaired) electrons. The van der Waals surface area contributed by atoms with Crippen molar-refractivity contribution in [3.8, 4) is 0 Å². The molecule has 2 aromatic rings. The van der Waals surface area contributed by atoms with Gasteiger partial charge in [-0.3, -0.25) is 9.69 Å². The van der Waals surface area contributed by atoms with Crippen LogP contribution in [0.5, 0.6) is 0 Å². The lowest BCUT2D eigenvalue weighted by Gasteiger charge is -2.27. The van der Waals surface area contributed by atoms with Crippen molar-refractivity contribution >= 4 is 17.7 Å². The smallest absolute Gasteiger partial charge is 0.241 e. The zero-order chi connectivity index (χ0) is 18.2. The molecular formula is C21H25FN2OS. The lowest BCUT2D eigenvalue weighted by molar-refractivity contribution is -0.126. The number of hydrogen-bond donors (Lipinski definition) is 1. The highest BCUT2D eigenvalue weighted by Gasteiger charge is 2.29. The average Bonchev–Trinajstić information content (AvgIpc) is 3.18. The summed E-state index contributed by atoms with van der Waals surface area (Å²) < 4.78 is 13.6. The molecule has 1 aliphatic heterocycles. The van der Waals surface area contributed by atoms with Gasteiger partial charge in [0.2, 0.25) is 5.91 Å². The Morgan fingerprint density at radius 3 is 2.50 bits per heavy atom. The van der Waals surface area contributed by atoms with Gasteiger partial charge in [0.05, 0.1) is 0 Å². The summed E-state index contributed by atoms with van der Waals surface area (Å²) in [5, 5.41) is 3.06. The highest BCUT2D eigenvalue weighted by molar-refractivity contribution is 7.98. The molecule has 0 aliphatic carbocycles. The van der Waals surface area contributed by atoms with Crippen molar-refractivity contribution in [3.63, 3.8) is 0 Å². The molecular weight excluding hydrogens is 347 g/mol. The van der Waals surface area contributed by atoms with Crippen LogP contribution < -0.4 is 5.32 Å². The van der Waals surface area contributed by atoms with Crippen LogP contribution in [0.4, 0.5) is 4.39 Å². The fourth-order valence-corrected chi connectivity index (χ4v) is 4.15. The van der Waals surface area contributed by atoms with Gasteiger partial charge < -0.3 is 5.32 Å².